The smallest absolute Gasteiger partial charge is 0.385 e. The third-order valence-electron chi connectivity index (χ3n) is 6.01. The molecule has 4 rings (SSSR count). The minimum atomic E-state index is -4.55. The van der Waals surface area contributed by atoms with E-state index in [9.17, 15) is 26.4 Å². The molecule has 0 bridgehead atoms. The largest absolute Gasteiger partial charge is 0.417 e. The predicted octanol–water partition coefficient (Wildman–Crippen LogP) is 4.65. The van der Waals surface area contributed by atoms with Crippen molar-refractivity contribution in [2.24, 2.45) is 0 Å². The molecule has 0 fully saturated rings. The van der Waals surface area contributed by atoms with Gasteiger partial charge in [0.2, 0.25) is 5.91 Å². The van der Waals surface area contributed by atoms with Crippen molar-refractivity contribution in [1.29, 1.82) is 0 Å². The van der Waals surface area contributed by atoms with Crippen LogP contribution in [-0.4, -0.2) is 40.6 Å². The number of benzene rings is 3. The van der Waals surface area contributed by atoms with Crippen molar-refractivity contribution >= 4 is 21.6 Å². The summed E-state index contributed by atoms with van der Waals surface area (Å²) in [4.78, 5) is 12.9. The fourth-order valence-electron chi connectivity index (χ4n) is 4.30. The molecular weight excluding hydrogens is 493 g/mol. The summed E-state index contributed by atoms with van der Waals surface area (Å²) in [6, 6.07) is 16.2. The lowest BCUT2D eigenvalue weighted by molar-refractivity contribution is -0.137. The number of rotatable bonds is 8. The minimum Gasteiger partial charge on any atom is -0.385 e. The summed E-state index contributed by atoms with van der Waals surface area (Å²) in [7, 11) is -2.64. The van der Waals surface area contributed by atoms with Gasteiger partial charge in [0.1, 0.15) is 6.04 Å². The number of alkyl halides is 3. The number of carbonyl (C=O) groups excluding carboxylic acids is 1. The van der Waals surface area contributed by atoms with Crippen molar-refractivity contribution in [1.82, 2.24) is 5.32 Å². The molecule has 10 heteroatoms. The average Bonchev–Trinajstić information content (AvgIpc) is 3.27. The molecule has 1 aliphatic heterocycles. The molecule has 3 aromatic carbocycles. The quantitative estimate of drug-likeness (QED) is 0.441. The molecule has 0 aromatic heterocycles. The lowest BCUT2D eigenvalue weighted by atomic mass is 9.99. The second kappa shape index (κ2) is 10.3. The van der Waals surface area contributed by atoms with E-state index >= 15 is 0 Å². The molecule has 1 N–H and O–H groups in total. The second-order valence-electron chi connectivity index (χ2n) is 8.35. The van der Waals surface area contributed by atoms with Gasteiger partial charge in [-0.25, -0.2) is 8.42 Å². The fourth-order valence-corrected chi connectivity index (χ4v) is 5.95. The Hall–Kier alpha value is -3.37. The van der Waals surface area contributed by atoms with E-state index in [4.69, 9.17) is 4.74 Å². The van der Waals surface area contributed by atoms with Crippen LogP contribution in [0, 0.1) is 0 Å². The number of para-hydroxylation sites is 1. The molecule has 0 saturated carbocycles. The molecule has 1 aliphatic rings. The summed E-state index contributed by atoms with van der Waals surface area (Å²) in [6.45, 7) is 0.789. The number of ether oxygens (including phenoxy) is 1. The highest BCUT2D eigenvalue weighted by Gasteiger charge is 2.42. The van der Waals surface area contributed by atoms with E-state index in [0.29, 0.717) is 30.8 Å². The number of anilines is 1. The Morgan fingerprint density at radius 3 is 2.39 bits per heavy atom. The molecule has 1 heterocycles. The van der Waals surface area contributed by atoms with E-state index in [-0.39, 0.29) is 22.4 Å². The van der Waals surface area contributed by atoms with Crippen molar-refractivity contribution in [3.63, 3.8) is 0 Å². The normalized spacial score (nSPS) is 15.6. The van der Waals surface area contributed by atoms with Gasteiger partial charge in [0.15, 0.2) is 0 Å². The highest BCUT2D eigenvalue weighted by Crippen LogP contribution is 2.39. The molecule has 0 spiro atoms. The Kier molecular flexibility index (Phi) is 7.37. The number of halogens is 3. The number of nitrogens with one attached hydrogen (secondary N) is 1. The van der Waals surface area contributed by atoms with Crippen molar-refractivity contribution in [3.8, 4) is 11.1 Å². The van der Waals surface area contributed by atoms with Crippen LogP contribution in [-0.2, 0) is 32.2 Å². The van der Waals surface area contributed by atoms with Crippen LogP contribution >= 0.6 is 0 Å². The van der Waals surface area contributed by atoms with Crippen LogP contribution in [0.1, 0.15) is 17.5 Å². The maximum Gasteiger partial charge on any atom is 0.417 e. The van der Waals surface area contributed by atoms with Crippen LogP contribution in [0.2, 0.25) is 0 Å². The highest BCUT2D eigenvalue weighted by atomic mass is 32.2. The van der Waals surface area contributed by atoms with Crippen LogP contribution in [0.15, 0.2) is 77.7 Å². The number of fused-ring (bicyclic) bond motifs is 1. The zero-order valence-corrected chi connectivity index (χ0v) is 20.3. The minimum absolute atomic E-state index is 0.0474. The van der Waals surface area contributed by atoms with Gasteiger partial charge in [0.25, 0.3) is 10.0 Å². The molecule has 1 amide bonds. The molecule has 0 saturated heterocycles. The lowest BCUT2D eigenvalue weighted by Crippen LogP contribution is -2.48. The molecule has 6 nitrogen and oxygen atoms in total. The van der Waals surface area contributed by atoms with Gasteiger partial charge in [-0.2, -0.15) is 13.2 Å². The van der Waals surface area contributed by atoms with Crippen molar-refractivity contribution in [3.05, 3.63) is 83.9 Å². The average molecular weight is 519 g/mol. The van der Waals surface area contributed by atoms with Crippen LogP contribution in [0.5, 0.6) is 0 Å². The van der Waals surface area contributed by atoms with Gasteiger partial charge >= 0.3 is 6.18 Å². The second-order valence-corrected chi connectivity index (χ2v) is 10.2. The summed E-state index contributed by atoms with van der Waals surface area (Å²) < 4.78 is 73.9. The number of methoxy groups -OCH3 is 1. The van der Waals surface area contributed by atoms with E-state index in [2.05, 4.69) is 5.32 Å². The fraction of sp³-hybridized carbons (Fsp3) is 0.269. The molecule has 1 atom stereocenters. The van der Waals surface area contributed by atoms with Crippen molar-refractivity contribution in [2.75, 3.05) is 24.6 Å². The number of sulfonamides is 1. The predicted molar refractivity (Wildman–Crippen MR) is 130 cm³/mol. The van der Waals surface area contributed by atoms with E-state index in [0.717, 1.165) is 10.4 Å². The molecule has 0 radical (unpaired) electrons. The monoisotopic (exact) mass is 518 g/mol. The number of hydrogen-bond acceptors (Lipinski definition) is 4. The zero-order chi connectivity index (χ0) is 25.9. The summed E-state index contributed by atoms with van der Waals surface area (Å²) in [5.74, 6) is -0.429. The third-order valence-corrected chi connectivity index (χ3v) is 7.84. The maximum atomic E-state index is 13.7. The number of nitrogens with zero attached hydrogens (tertiary/aromatic N) is 1. The number of hydrogen-bond donors (Lipinski definition) is 1. The van der Waals surface area contributed by atoms with Crippen LogP contribution in [0.4, 0.5) is 18.9 Å². The van der Waals surface area contributed by atoms with Crippen molar-refractivity contribution in [2.45, 2.75) is 30.0 Å². The SMILES string of the molecule is COCCCNC(=O)[C@@H]1Cc2ccccc2N1S(=O)(=O)c1ccc(-c2ccccc2C(F)(F)F)cc1. The molecule has 0 unspecified atom stereocenters. The van der Waals surface area contributed by atoms with E-state index in [1.54, 1.807) is 31.4 Å². The van der Waals surface area contributed by atoms with Crippen LogP contribution < -0.4 is 9.62 Å². The van der Waals surface area contributed by atoms with Crippen LogP contribution in [0.3, 0.4) is 0 Å². The molecule has 36 heavy (non-hydrogen) atoms. The summed E-state index contributed by atoms with van der Waals surface area (Å²) in [5.41, 5.74) is 0.499. The van der Waals surface area contributed by atoms with Gasteiger partial charge in [-0.05, 0) is 47.4 Å². The Morgan fingerprint density at radius 2 is 1.69 bits per heavy atom. The van der Waals surface area contributed by atoms with E-state index in [1.807, 2.05) is 0 Å². The highest BCUT2D eigenvalue weighted by molar-refractivity contribution is 7.93. The Labute approximate surface area is 207 Å². The molecule has 0 aliphatic carbocycles. The first-order chi connectivity index (χ1) is 17.1. The van der Waals surface area contributed by atoms with Gasteiger partial charge in [-0.1, -0.05) is 48.5 Å². The molecule has 190 valence electrons. The van der Waals surface area contributed by atoms with Gasteiger partial charge in [-0.15, -0.1) is 0 Å². The van der Waals surface area contributed by atoms with Crippen LogP contribution in [0.25, 0.3) is 11.1 Å². The molecule has 3 aromatic rings. The first kappa shape index (κ1) is 25.7. The zero-order valence-electron chi connectivity index (χ0n) is 19.5. The van der Waals surface area contributed by atoms with Gasteiger partial charge in [0, 0.05) is 26.7 Å². The number of carbonyl (C=O) groups is 1. The summed E-state index contributed by atoms with van der Waals surface area (Å²) in [5, 5.41) is 2.77. The third kappa shape index (κ3) is 5.10. The standard InChI is InChI=1S/C26H25F3N2O4S/c1-35-16-6-15-30-25(32)24-17-19-7-2-5-10-23(19)31(24)36(33,34)20-13-11-18(12-14-20)21-8-3-4-9-22(21)26(27,28)29/h2-5,7-14,24H,6,15-17H2,1H3,(H,30,32)/t24-/m0/s1. The van der Waals surface area contributed by atoms with Crippen molar-refractivity contribution < 1.29 is 31.1 Å². The summed E-state index contributed by atoms with van der Waals surface area (Å²) >= 11 is 0. The van der Waals surface area contributed by atoms with E-state index in [1.165, 1.54) is 42.5 Å². The number of amides is 1. The molecular formula is C26H25F3N2O4S. The first-order valence-electron chi connectivity index (χ1n) is 11.3. The Morgan fingerprint density at radius 1 is 1.03 bits per heavy atom. The van der Waals surface area contributed by atoms with Gasteiger partial charge in [0.05, 0.1) is 16.1 Å². The first-order valence-corrected chi connectivity index (χ1v) is 12.7. The van der Waals surface area contributed by atoms with Gasteiger partial charge in [-0.3, -0.25) is 9.10 Å². The van der Waals surface area contributed by atoms with E-state index < -0.39 is 33.7 Å². The topological polar surface area (TPSA) is 75.7 Å². The van der Waals surface area contributed by atoms with Gasteiger partial charge < -0.3 is 10.1 Å². The summed E-state index contributed by atoms with van der Waals surface area (Å²) in [6.07, 6.45) is -3.76. The maximum absolute atomic E-state index is 13.7. The Bertz CT molecular complexity index is 1340. The lowest BCUT2D eigenvalue weighted by Gasteiger charge is -2.26. The Balaban J connectivity index is 1.66.